The molecule has 4 nitrogen and oxygen atoms in total. The highest BCUT2D eigenvalue weighted by Gasteiger charge is 2.35. The summed E-state index contributed by atoms with van der Waals surface area (Å²) in [5.41, 5.74) is 6.05. The Hall–Kier alpha value is -0.770. The normalized spacial score (nSPS) is 37.4. The van der Waals surface area contributed by atoms with Crippen molar-refractivity contribution in [2.75, 3.05) is 19.6 Å². The van der Waals surface area contributed by atoms with Gasteiger partial charge in [0.25, 0.3) is 0 Å². The van der Waals surface area contributed by atoms with Crippen molar-refractivity contribution in [2.45, 2.75) is 58.5 Å². The van der Waals surface area contributed by atoms with Crippen LogP contribution >= 0.6 is 0 Å². The molecule has 2 rings (SSSR count). The smallest absolute Gasteiger partial charge is 0.191 e. The van der Waals surface area contributed by atoms with Gasteiger partial charge < -0.3 is 15.7 Å². The third kappa shape index (κ3) is 3.62. The monoisotopic (exact) mass is 267 g/mol. The van der Waals surface area contributed by atoms with Crippen LogP contribution in [0.2, 0.25) is 0 Å². The van der Waals surface area contributed by atoms with Crippen LogP contribution in [0.1, 0.15) is 52.4 Å². The van der Waals surface area contributed by atoms with E-state index in [1.54, 1.807) is 0 Å². The molecule has 0 aromatic heterocycles. The molecule has 3 atom stereocenters. The molecule has 0 amide bonds. The topological polar surface area (TPSA) is 61.8 Å². The first-order valence-electron chi connectivity index (χ1n) is 7.74. The number of rotatable bonds is 2. The number of hydrogen-bond acceptors (Lipinski definition) is 2. The minimum Gasteiger partial charge on any atom is -0.392 e. The quantitative estimate of drug-likeness (QED) is 0.594. The fourth-order valence-electron chi connectivity index (χ4n) is 3.33. The largest absolute Gasteiger partial charge is 0.392 e. The first-order valence-corrected chi connectivity index (χ1v) is 7.74. The van der Waals surface area contributed by atoms with Crippen molar-refractivity contribution in [3.05, 3.63) is 0 Å². The molecule has 4 heteroatoms. The van der Waals surface area contributed by atoms with Crippen LogP contribution in [0, 0.1) is 11.3 Å². The SMILES string of the molecule is CC1CCCN(C(N)=NCC2(C)CCCCC2O)C1. The molecule has 110 valence electrons. The van der Waals surface area contributed by atoms with Gasteiger partial charge in [-0.2, -0.15) is 0 Å². The van der Waals surface area contributed by atoms with E-state index in [1.165, 1.54) is 19.3 Å². The predicted octanol–water partition coefficient (Wildman–Crippen LogP) is 1.97. The van der Waals surface area contributed by atoms with Crippen molar-refractivity contribution < 1.29 is 5.11 Å². The molecule has 0 aromatic rings. The molecular formula is C15H29N3O. The van der Waals surface area contributed by atoms with E-state index < -0.39 is 0 Å². The van der Waals surface area contributed by atoms with Crippen molar-refractivity contribution in [3.8, 4) is 0 Å². The Morgan fingerprint density at radius 3 is 2.84 bits per heavy atom. The molecule has 0 spiro atoms. The second kappa shape index (κ2) is 6.12. The number of nitrogens with zero attached hydrogens (tertiary/aromatic N) is 2. The molecule has 0 aromatic carbocycles. The van der Waals surface area contributed by atoms with Crippen molar-refractivity contribution >= 4 is 5.96 Å². The maximum absolute atomic E-state index is 10.2. The molecule has 1 saturated heterocycles. The standard InChI is InChI=1S/C15H29N3O/c1-12-6-5-9-18(10-12)14(16)17-11-15(2)8-4-3-7-13(15)19/h12-13,19H,3-11H2,1-2H3,(H2,16,17). The molecule has 1 aliphatic carbocycles. The summed E-state index contributed by atoms with van der Waals surface area (Å²) in [6.07, 6.45) is 6.58. The second-order valence-corrected chi connectivity index (χ2v) is 6.78. The number of nitrogens with two attached hydrogens (primary N) is 1. The lowest BCUT2D eigenvalue weighted by atomic mass is 9.73. The molecule has 3 N–H and O–H groups in total. The Morgan fingerprint density at radius 1 is 1.37 bits per heavy atom. The van der Waals surface area contributed by atoms with E-state index in [2.05, 4.69) is 23.7 Å². The summed E-state index contributed by atoms with van der Waals surface area (Å²) in [7, 11) is 0. The Bertz CT molecular complexity index is 331. The zero-order valence-electron chi connectivity index (χ0n) is 12.4. The molecule has 1 heterocycles. The first kappa shape index (κ1) is 14.6. The average Bonchev–Trinajstić information content (AvgIpc) is 2.40. The molecule has 0 bridgehead atoms. The second-order valence-electron chi connectivity index (χ2n) is 6.78. The van der Waals surface area contributed by atoms with Gasteiger partial charge >= 0.3 is 0 Å². The van der Waals surface area contributed by atoms with Crippen molar-refractivity contribution in [1.29, 1.82) is 0 Å². The molecule has 1 saturated carbocycles. The first-order chi connectivity index (χ1) is 9.01. The van der Waals surface area contributed by atoms with E-state index in [9.17, 15) is 5.11 Å². The fourth-order valence-corrected chi connectivity index (χ4v) is 3.33. The Labute approximate surface area is 117 Å². The molecular weight excluding hydrogens is 238 g/mol. The zero-order chi connectivity index (χ0) is 13.9. The van der Waals surface area contributed by atoms with E-state index in [-0.39, 0.29) is 11.5 Å². The van der Waals surface area contributed by atoms with Crippen LogP contribution in [0.3, 0.4) is 0 Å². The Kier molecular flexibility index (Phi) is 4.71. The van der Waals surface area contributed by atoms with Crippen LogP contribution in [0.5, 0.6) is 0 Å². The van der Waals surface area contributed by atoms with E-state index in [0.717, 1.165) is 32.4 Å². The van der Waals surface area contributed by atoms with Crippen LogP contribution < -0.4 is 5.73 Å². The maximum Gasteiger partial charge on any atom is 0.191 e. The zero-order valence-corrected chi connectivity index (χ0v) is 12.4. The number of aliphatic imine (C=N–C) groups is 1. The summed E-state index contributed by atoms with van der Waals surface area (Å²) in [6, 6.07) is 0. The Morgan fingerprint density at radius 2 is 2.16 bits per heavy atom. The summed E-state index contributed by atoms with van der Waals surface area (Å²) < 4.78 is 0. The lowest BCUT2D eigenvalue weighted by molar-refractivity contribution is 0.00704. The number of guanidine groups is 1. The summed E-state index contributed by atoms with van der Waals surface area (Å²) in [4.78, 5) is 6.79. The van der Waals surface area contributed by atoms with Crippen molar-refractivity contribution in [1.82, 2.24) is 4.90 Å². The van der Waals surface area contributed by atoms with E-state index in [0.29, 0.717) is 18.4 Å². The van der Waals surface area contributed by atoms with Crippen LogP contribution in [-0.2, 0) is 0 Å². The summed E-state index contributed by atoms with van der Waals surface area (Å²) in [6.45, 7) is 7.12. The highest BCUT2D eigenvalue weighted by Crippen LogP contribution is 2.36. The third-order valence-electron chi connectivity index (χ3n) is 4.86. The van der Waals surface area contributed by atoms with Crippen molar-refractivity contribution in [3.63, 3.8) is 0 Å². The number of hydrogen-bond donors (Lipinski definition) is 2. The van der Waals surface area contributed by atoms with Gasteiger partial charge in [0.15, 0.2) is 5.96 Å². The molecule has 2 fully saturated rings. The molecule has 0 radical (unpaired) electrons. The van der Waals surface area contributed by atoms with E-state index in [1.807, 2.05) is 0 Å². The molecule has 19 heavy (non-hydrogen) atoms. The van der Waals surface area contributed by atoms with Gasteiger partial charge in [-0.3, -0.25) is 4.99 Å². The van der Waals surface area contributed by atoms with Gasteiger partial charge in [-0.1, -0.05) is 26.7 Å². The fraction of sp³-hybridized carbons (Fsp3) is 0.933. The van der Waals surface area contributed by atoms with Gasteiger partial charge in [0.05, 0.1) is 12.6 Å². The predicted molar refractivity (Wildman–Crippen MR) is 79.0 cm³/mol. The minimum atomic E-state index is -0.224. The van der Waals surface area contributed by atoms with Gasteiger partial charge in [-0.15, -0.1) is 0 Å². The number of piperidine rings is 1. The number of aliphatic hydroxyl groups is 1. The summed E-state index contributed by atoms with van der Waals surface area (Å²) >= 11 is 0. The van der Waals surface area contributed by atoms with Crippen LogP contribution in [0.25, 0.3) is 0 Å². The highest BCUT2D eigenvalue weighted by atomic mass is 16.3. The third-order valence-corrected chi connectivity index (χ3v) is 4.86. The van der Waals surface area contributed by atoms with Gasteiger partial charge in [0.1, 0.15) is 0 Å². The lowest BCUT2D eigenvalue weighted by Gasteiger charge is -2.38. The van der Waals surface area contributed by atoms with E-state index >= 15 is 0 Å². The van der Waals surface area contributed by atoms with Crippen molar-refractivity contribution in [2.24, 2.45) is 22.1 Å². The highest BCUT2D eigenvalue weighted by molar-refractivity contribution is 5.78. The lowest BCUT2D eigenvalue weighted by Crippen LogP contribution is -2.45. The van der Waals surface area contributed by atoms with Crippen LogP contribution in [0.4, 0.5) is 0 Å². The van der Waals surface area contributed by atoms with Crippen LogP contribution in [0.15, 0.2) is 4.99 Å². The molecule has 3 unspecified atom stereocenters. The van der Waals surface area contributed by atoms with Gasteiger partial charge in [-0.05, 0) is 31.6 Å². The van der Waals surface area contributed by atoms with E-state index in [4.69, 9.17) is 5.73 Å². The number of aliphatic hydroxyl groups excluding tert-OH is 1. The summed E-state index contributed by atoms with van der Waals surface area (Å²) in [5.74, 6) is 1.38. The van der Waals surface area contributed by atoms with Gasteiger partial charge in [0.2, 0.25) is 0 Å². The maximum atomic E-state index is 10.2. The minimum absolute atomic E-state index is 0.0791. The molecule has 1 aliphatic heterocycles. The summed E-state index contributed by atoms with van der Waals surface area (Å²) in [5, 5.41) is 10.2. The van der Waals surface area contributed by atoms with Crippen LogP contribution in [-0.4, -0.2) is 41.7 Å². The average molecular weight is 267 g/mol. The number of likely N-dealkylation sites (tertiary alicyclic amines) is 1. The Balaban J connectivity index is 1.93. The molecule has 2 aliphatic rings. The van der Waals surface area contributed by atoms with Gasteiger partial charge in [0, 0.05) is 18.5 Å². The van der Waals surface area contributed by atoms with Gasteiger partial charge in [-0.25, -0.2) is 0 Å².